The number of fused-ring (bicyclic) bond motifs is 1. The molecule has 1 heterocycles. The molecule has 0 saturated carbocycles. The summed E-state index contributed by atoms with van der Waals surface area (Å²) in [5, 5.41) is 12.2. The van der Waals surface area contributed by atoms with Gasteiger partial charge in [-0.2, -0.15) is 0 Å². The molecule has 2 rings (SSSR count). The van der Waals surface area contributed by atoms with Gasteiger partial charge in [0.2, 0.25) is 0 Å². The summed E-state index contributed by atoms with van der Waals surface area (Å²) in [5.41, 5.74) is 0.594. The molecule has 1 aliphatic heterocycles. The summed E-state index contributed by atoms with van der Waals surface area (Å²) < 4.78 is 9.93. The number of phenolic OH excluding ortho intramolecular Hbond substituents is 1. The maximum Gasteiger partial charge on any atom is 0.331 e. The van der Waals surface area contributed by atoms with Crippen molar-refractivity contribution in [1.29, 1.82) is 0 Å². The molecule has 0 aliphatic carbocycles. The Hall–Kier alpha value is -1.91. The lowest BCUT2D eigenvalue weighted by atomic mass is 10.2. The highest BCUT2D eigenvalue weighted by atomic mass is 16.5. The van der Waals surface area contributed by atoms with Crippen molar-refractivity contribution in [3.63, 3.8) is 0 Å². The number of anilines is 1. The van der Waals surface area contributed by atoms with E-state index in [-0.39, 0.29) is 18.3 Å². The molecule has 0 saturated heterocycles. The number of hydrogen-bond acceptors (Lipinski definition) is 5. The summed E-state index contributed by atoms with van der Waals surface area (Å²) in [7, 11) is 1.32. The molecule has 1 aliphatic rings. The Bertz CT molecular complexity index is 391. The monoisotopic (exact) mass is 209 g/mol. The molecule has 0 amide bonds. The van der Waals surface area contributed by atoms with Gasteiger partial charge in [-0.3, -0.25) is 0 Å². The van der Waals surface area contributed by atoms with Crippen molar-refractivity contribution in [2.24, 2.45) is 0 Å². The molecule has 5 heteroatoms. The van der Waals surface area contributed by atoms with Crippen molar-refractivity contribution in [3.8, 4) is 11.5 Å². The molecule has 0 fully saturated rings. The van der Waals surface area contributed by atoms with Gasteiger partial charge in [-0.1, -0.05) is 0 Å². The number of aromatic hydroxyl groups is 1. The standard InChI is InChI=1S/C10H11NO4/c1-14-10(13)8-5-15-9-3-2-6(12)4-7(9)11-8/h2-4,8,11-12H,5H2,1H3. The van der Waals surface area contributed by atoms with Crippen molar-refractivity contribution in [3.05, 3.63) is 18.2 Å². The van der Waals surface area contributed by atoms with Gasteiger partial charge in [-0.25, -0.2) is 4.79 Å². The molecule has 1 aromatic rings. The Balaban J connectivity index is 2.22. The average Bonchev–Trinajstić information content (AvgIpc) is 2.27. The highest BCUT2D eigenvalue weighted by Crippen LogP contribution is 2.32. The van der Waals surface area contributed by atoms with E-state index in [1.165, 1.54) is 19.2 Å². The molecule has 80 valence electrons. The Morgan fingerprint density at radius 3 is 3.20 bits per heavy atom. The largest absolute Gasteiger partial charge is 0.508 e. The van der Waals surface area contributed by atoms with Crippen LogP contribution in [0.3, 0.4) is 0 Å². The van der Waals surface area contributed by atoms with Crippen LogP contribution < -0.4 is 10.1 Å². The zero-order valence-corrected chi connectivity index (χ0v) is 8.19. The molecular weight excluding hydrogens is 198 g/mol. The predicted molar refractivity (Wildman–Crippen MR) is 53.0 cm³/mol. The summed E-state index contributed by atoms with van der Waals surface area (Å²) in [5.74, 6) is 0.354. The third-order valence-electron chi connectivity index (χ3n) is 2.18. The first kappa shape index (κ1) is 9.64. The van der Waals surface area contributed by atoms with Crippen molar-refractivity contribution in [2.75, 3.05) is 19.0 Å². The van der Waals surface area contributed by atoms with Crippen LogP contribution >= 0.6 is 0 Å². The zero-order chi connectivity index (χ0) is 10.8. The number of benzene rings is 1. The lowest BCUT2D eigenvalue weighted by Crippen LogP contribution is -2.39. The van der Waals surface area contributed by atoms with Gasteiger partial charge in [0.1, 0.15) is 18.1 Å². The van der Waals surface area contributed by atoms with Crippen LogP contribution in [0, 0.1) is 0 Å². The summed E-state index contributed by atoms with van der Waals surface area (Å²) in [4.78, 5) is 11.2. The quantitative estimate of drug-likeness (QED) is 0.667. The number of rotatable bonds is 1. The molecular formula is C10H11NO4. The Labute approximate surface area is 86.6 Å². The minimum absolute atomic E-state index is 0.121. The minimum Gasteiger partial charge on any atom is -0.508 e. The van der Waals surface area contributed by atoms with Crippen LogP contribution in [0.15, 0.2) is 18.2 Å². The molecule has 0 radical (unpaired) electrons. The second kappa shape index (κ2) is 3.68. The molecule has 0 spiro atoms. The number of nitrogens with one attached hydrogen (secondary N) is 1. The zero-order valence-electron chi connectivity index (χ0n) is 8.19. The van der Waals surface area contributed by atoms with Crippen LogP contribution in [-0.4, -0.2) is 30.8 Å². The number of carbonyl (C=O) groups is 1. The maximum atomic E-state index is 11.2. The molecule has 5 nitrogen and oxygen atoms in total. The van der Waals surface area contributed by atoms with Crippen LogP contribution in [-0.2, 0) is 9.53 Å². The van der Waals surface area contributed by atoms with Crippen LogP contribution in [0.25, 0.3) is 0 Å². The van der Waals surface area contributed by atoms with Gasteiger partial charge in [-0.05, 0) is 12.1 Å². The lowest BCUT2D eigenvalue weighted by Gasteiger charge is -2.25. The van der Waals surface area contributed by atoms with Gasteiger partial charge in [0.15, 0.2) is 6.04 Å². The highest BCUT2D eigenvalue weighted by molar-refractivity contribution is 5.81. The normalized spacial score (nSPS) is 18.3. The first-order valence-corrected chi connectivity index (χ1v) is 4.51. The van der Waals surface area contributed by atoms with Crippen molar-refractivity contribution in [2.45, 2.75) is 6.04 Å². The Kier molecular flexibility index (Phi) is 2.37. The average molecular weight is 209 g/mol. The Morgan fingerprint density at radius 1 is 1.67 bits per heavy atom. The van der Waals surface area contributed by atoms with Crippen molar-refractivity contribution >= 4 is 11.7 Å². The minimum atomic E-state index is -0.524. The van der Waals surface area contributed by atoms with E-state index in [4.69, 9.17) is 4.74 Å². The number of methoxy groups -OCH3 is 1. The second-order valence-corrected chi connectivity index (χ2v) is 3.21. The van der Waals surface area contributed by atoms with E-state index < -0.39 is 6.04 Å². The van der Waals surface area contributed by atoms with Gasteiger partial charge in [0.25, 0.3) is 0 Å². The SMILES string of the molecule is COC(=O)C1COc2ccc(O)cc2N1. The first-order valence-electron chi connectivity index (χ1n) is 4.51. The molecule has 0 aromatic heterocycles. The summed E-state index contributed by atoms with van der Waals surface area (Å²) >= 11 is 0. The van der Waals surface area contributed by atoms with E-state index in [1.807, 2.05) is 0 Å². The number of carbonyl (C=O) groups excluding carboxylic acids is 1. The van der Waals surface area contributed by atoms with Crippen molar-refractivity contribution < 1.29 is 19.4 Å². The first-order chi connectivity index (χ1) is 7.20. The van der Waals surface area contributed by atoms with E-state index in [1.54, 1.807) is 6.07 Å². The topological polar surface area (TPSA) is 67.8 Å². The third-order valence-corrected chi connectivity index (χ3v) is 2.18. The summed E-state index contributed by atoms with van der Waals surface area (Å²) in [6, 6.07) is 4.15. The molecule has 2 N–H and O–H groups in total. The van der Waals surface area contributed by atoms with Crippen LogP contribution in [0.1, 0.15) is 0 Å². The van der Waals surface area contributed by atoms with Gasteiger partial charge >= 0.3 is 5.97 Å². The third kappa shape index (κ3) is 1.81. The van der Waals surface area contributed by atoms with E-state index in [2.05, 4.69) is 10.1 Å². The molecule has 15 heavy (non-hydrogen) atoms. The van der Waals surface area contributed by atoms with E-state index >= 15 is 0 Å². The van der Waals surface area contributed by atoms with E-state index in [0.717, 1.165) is 0 Å². The summed E-state index contributed by atoms with van der Waals surface area (Å²) in [6.07, 6.45) is 0. The van der Waals surface area contributed by atoms with Gasteiger partial charge in [0, 0.05) is 6.07 Å². The van der Waals surface area contributed by atoms with Crippen LogP contribution in [0.5, 0.6) is 11.5 Å². The van der Waals surface area contributed by atoms with Gasteiger partial charge < -0.3 is 19.9 Å². The number of ether oxygens (including phenoxy) is 2. The fourth-order valence-electron chi connectivity index (χ4n) is 1.43. The van der Waals surface area contributed by atoms with Crippen LogP contribution in [0.4, 0.5) is 5.69 Å². The van der Waals surface area contributed by atoms with E-state index in [9.17, 15) is 9.90 Å². The van der Waals surface area contributed by atoms with Gasteiger partial charge in [0.05, 0.1) is 12.8 Å². The molecule has 1 aromatic carbocycles. The lowest BCUT2D eigenvalue weighted by molar-refractivity contribution is -0.142. The summed E-state index contributed by atoms with van der Waals surface area (Å²) in [6.45, 7) is 0.227. The van der Waals surface area contributed by atoms with E-state index in [0.29, 0.717) is 11.4 Å². The second-order valence-electron chi connectivity index (χ2n) is 3.21. The van der Waals surface area contributed by atoms with Gasteiger partial charge in [-0.15, -0.1) is 0 Å². The number of hydrogen-bond donors (Lipinski definition) is 2. The fourth-order valence-corrected chi connectivity index (χ4v) is 1.43. The maximum absolute atomic E-state index is 11.2. The predicted octanol–water partition coefficient (Wildman–Crippen LogP) is 0.738. The molecule has 1 unspecified atom stereocenters. The number of esters is 1. The number of phenols is 1. The highest BCUT2D eigenvalue weighted by Gasteiger charge is 2.25. The fraction of sp³-hybridized carbons (Fsp3) is 0.300. The van der Waals surface area contributed by atoms with Crippen LogP contribution in [0.2, 0.25) is 0 Å². The molecule has 1 atom stereocenters. The van der Waals surface area contributed by atoms with Crippen molar-refractivity contribution in [1.82, 2.24) is 0 Å². The Morgan fingerprint density at radius 2 is 2.47 bits per heavy atom. The smallest absolute Gasteiger partial charge is 0.331 e. The molecule has 0 bridgehead atoms.